The fourth-order valence-corrected chi connectivity index (χ4v) is 3.25. The van der Waals surface area contributed by atoms with E-state index in [1.165, 1.54) is 11.3 Å². The van der Waals surface area contributed by atoms with Crippen molar-refractivity contribution in [2.45, 2.75) is 6.42 Å². The van der Waals surface area contributed by atoms with Gasteiger partial charge in [-0.15, -0.1) is 12.3 Å². The molecule has 1 aliphatic rings. The van der Waals surface area contributed by atoms with Crippen LogP contribution in [0.3, 0.4) is 0 Å². The average molecular weight is 305 g/mol. The lowest BCUT2D eigenvalue weighted by atomic mass is 10.3. The lowest BCUT2D eigenvalue weighted by molar-refractivity contribution is -0.389. The van der Waals surface area contributed by atoms with Crippen LogP contribution in [0.5, 0.6) is 0 Å². The first-order valence-electron chi connectivity index (χ1n) is 6.71. The van der Waals surface area contributed by atoms with Gasteiger partial charge < -0.3 is 15.0 Å². The highest BCUT2D eigenvalue weighted by molar-refractivity contribution is 7.15. The van der Waals surface area contributed by atoms with Gasteiger partial charge in [-0.25, -0.2) is 0 Å². The summed E-state index contributed by atoms with van der Waals surface area (Å²) in [5.41, 5.74) is 0. The van der Waals surface area contributed by atoms with E-state index in [0.29, 0.717) is 10.8 Å². The van der Waals surface area contributed by atoms with E-state index in [9.17, 15) is 10.1 Å². The predicted molar refractivity (Wildman–Crippen MR) is 81.8 cm³/mol. The molecule has 7 nitrogen and oxygen atoms in total. The monoisotopic (exact) mass is 305 g/mol. The van der Waals surface area contributed by atoms with Gasteiger partial charge >= 0.3 is 5.82 Å². The number of imidazole rings is 1. The fraction of sp³-hybridized carbons (Fsp3) is 0.462. The molecule has 0 aromatic carbocycles. The van der Waals surface area contributed by atoms with Gasteiger partial charge in [-0.3, -0.25) is 4.90 Å². The maximum Gasteiger partial charge on any atom is 0.373 e. The van der Waals surface area contributed by atoms with Crippen LogP contribution in [0.25, 0.3) is 4.96 Å². The molecule has 0 unspecified atom stereocenters. The summed E-state index contributed by atoms with van der Waals surface area (Å²) in [7, 11) is 0. The molecule has 0 atom stereocenters. The van der Waals surface area contributed by atoms with Crippen molar-refractivity contribution in [2.75, 3.05) is 37.6 Å². The van der Waals surface area contributed by atoms with Crippen molar-refractivity contribution in [2.24, 2.45) is 0 Å². The Bertz CT molecular complexity index is 693. The average Bonchev–Trinajstić information content (AvgIpc) is 3.05. The van der Waals surface area contributed by atoms with Crippen LogP contribution in [0, 0.1) is 22.5 Å². The summed E-state index contributed by atoms with van der Waals surface area (Å²) in [6, 6.07) is 0. The summed E-state index contributed by atoms with van der Waals surface area (Å²) < 4.78 is 1.55. The van der Waals surface area contributed by atoms with Gasteiger partial charge in [-0.2, -0.15) is 9.38 Å². The first kappa shape index (κ1) is 13.9. The Kier molecular flexibility index (Phi) is 3.77. The Labute approximate surface area is 125 Å². The van der Waals surface area contributed by atoms with Crippen molar-refractivity contribution in [3.8, 4) is 12.3 Å². The second-order valence-corrected chi connectivity index (χ2v) is 5.73. The van der Waals surface area contributed by atoms with Crippen molar-refractivity contribution in [1.82, 2.24) is 14.3 Å². The molecular weight excluding hydrogens is 290 g/mol. The third-order valence-corrected chi connectivity index (χ3v) is 4.39. The SMILES string of the molecule is C#CCCN1CCN(c2nc3sccn3c2[N+](=O)[O-])CC1. The third-order valence-electron chi connectivity index (χ3n) is 3.64. The van der Waals surface area contributed by atoms with Gasteiger partial charge in [0, 0.05) is 44.5 Å². The van der Waals surface area contributed by atoms with Crippen LogP contribution in [0.4, 0.5) is 11.6 Å². The predicted octanol–water partition coefficient (Wildman–Crippen LogP) is 1.45. The number of piperazine rings is 1. The largest absolute Gasteiger partial charge is 0.373 e. The van der Waals surface area contributed by atoms with Gasteiger partial charge in [0.05, 0.1) is 0 Å². The molecule has 8 heteroatoms. The minimum absolute atomic E-state index is 0.0586. The van der Waals surface area contributed by atoms with Crippen LogP contribution in [0.2, 0.25) is 0 Å². The van der Waals surface area contributed by atoms with Crippen LogP contribution in [-0.2, 0) is 0 Å². The van der Waals surface area contributed by atoms with E-state index >= 15 is 0 Å². The van der Waals surface area contributed by atoms with Crippen molar-refractivity contribution >= 4 is 27.9 Å². The molecule has 21 heavy (non-hydrogen) atoms. The Morgan fingerprint density at radius 1 is 1.43 bits per heavy atom. The second kappa shape index (κ2) is 5.71. The maximum absolute atomic E-state index is 11.3. The number of aromatic nitrogens is 2. The molecule has 1 fully saturated rings. The minimum Gasteiger partial charge on any atom is -0.358 e. The third kappa shape index (κ3) is 2.57. The molecular formula is C13H15N5O2S. The van der Waals surface area contributed by atoms with E-state index in [1.54, 1.807) is 16.0 Å². The van der Waals surface area contributed by atoms with E-state index in [0.717, 1.165) is 39.1 Å². The Hall–Kier alpha value is -2.11. The maximum atomic E-state index is 11.3. The minimum atomic E-state index is -0.354. The fourth-order valence-electron chi connectivity index (χ4n) is 2.55. The molecule has 2 aromatic heterocycles. The summed E-state index contributed by atoms with van der Waals surface area (Å²) in [5.74, 6) is 3.17. The van der Waals surface area contributed by atoms with Crippen LogP contribution in [0.15, 0.2) is 11.6 Å². The van der Waals surface area contributed by atoms with Crippen LogP contribution < -0.4 is 4.90 Å². The highest BCUT2D eigenvalue weighted by Crippen LogP contribution is 2.31. The second-order valence-electron chi connectivity index (χ2n) is 4.85. The summed E-state index contributed by atoms with van der Waals surface area (Å²) >= 11 is 1.40. The van der Waals surface area contributed by atoms with Gasteiger partial charge in [-0.05, 0) is 4.92 Å². The first-order valence-corrected chi connectivity index (χ1v) is 7.59. The molecule has 0 N–H and O–H groups in total. The molecule has 3 heterocycles. The Morgan fingerprint density at radius 2 is 2.19 bits per heavy atom. The lowest BCUT2D eigenvalue weighted by Gasteiger charge is -2.34. The van der Waals surface area contributed by atoms with Crippen LogP contribution >= 0.6 is 11.3 Å². The molecule has 2 aromatic rings. The zero-order valence-corrected chi connectivity index (χ0v) is 12.3. The van der Waals surface area contributed by atoms with E-state index in [2.05, 4.69) is 15.8 Å². The van der Waals surface area contributed by atoms with Crippen molar-refractivity contribution in [3.63, 3.8) is 0 Å². The molecule has 0 aliphatic carbocycles. The number of hydrogen-bond acceptors (Lipinski definition) is 6. The molecule has 0 bridgehead atoms. The molecule has 0 spiro atoms. The molecule has 0 amide bonds. The standard InChI is InChI=1S/C13H15N5O2S/c1-2-3-4-15-5-7-16(8-6-15)11-12(18(19)20)17-9-10-21-13(17)14-11/h1,9-10H,3-8H2. The topological polar surface area (TPSA) is 66.9 Å². The van der Waals surface area contributed by atoms with Crippen molar-refractivity contribution < 1.29 is 4.92 Å². The Balaban J connectivity index is 1.79. The quantitative estimate of drug-likeness (QED) is 0.486. The highest BCUT2D eigenvalue weighted by atomic mass is 32.1. The zero-order valence-electron chi connectivity index (χ0n) is 11.4. The van der Waals surface area contributed by atoms with Crippen molar-refractivity contribution in [3.05, 3.63) is 21.7 Å². The number of rotatable bonds is 4. The van der Waals surface area contributed by atoms with Crippen LogP contribution in [-0.4, -0.2) is 51.9 Å². The molecule has 3 rings (SSSR count). The molecule has 110 valence electrons. The summed E-state index contributed by atoms with van der Waals surface area (Å²) in [4.78, 5) is 20.3. The summed E-state index contributed by atoms with van der Waals surface area (Å²) in [6.07, 6.45) is 7.70. The van der Waals surface area contributed by atoms with Gasteiger partial charge in [0.1, 0.15) is 6.20 Å². The Morgan fingerprint density at radius 3 is 2.86 bits per heavy atom. The summed E-state index contributed by atoms with van der Waals surface area (Å²) in [6.45, 7) is 4.05. The molecule has 1 saturated heterocycles. The number of anilines is 1. The van der Waals surface area contributed by atoms with Gasteiger partial charge in [-0.1, -0.05) is 11.3 Å². The number of hydrogen-bond donors (Lipinski definition) is 0. The number of thiazole rings is 1. The molecule has 0 radical (unpaired) electrons. The smallest absolute Gasteiger partial charge is 0.358 e. The summed E-state index contributed by atoms with van der Waals surface area (Å²) in [5, 5.41) is 13.1. The van der Waals surface area contributed by atoms with Crippen LogP contribution in [0.1, 0.15) is 6.42 Å². The zero-order chi connectivity index (χ0) is 14.8. The lowest BCUT2D eigenvalue weighted by Crippen LogP contribution is -2.46. The van der Waals surface area contributed by atoms with E-state index in [-0.39, 0.29) is 10.7 Å². The number of fused-ring (bicyclic) bond motifs is 1. The van der Waals surface area contributed by atoms with Gasteiger partial charge in [0.15, 0.2) is 0 Å². The normalized spacial score (nSPS) is 16.2. The highest BCUT2D eigenvalue weighted by Gasteiger charge is 2.29. The number of terminal acetylenes is 1. The first-order chi connectivity index (χ1) is 10.2. The van der Waals surface area contributed by atoms with Gasteiger partial charge in [0.25, 0.3) is 4.96 Å². The van der Waals surface area contributed by atoms with Crippen molar-refractivity contribution in [1.29, 1.82) is 0 Å². The van der Waals surface area contributed by atoms with E-state index in [4.69, 9.17) is 6.42 Å². The van der Waals surface area contributed by atoms with E-state index < -0.39 is 0 Å². The van der Waals surface area contributed by atoms with E-state index in [1.807, 2.05) is 4.90 Å². The van der Waals surface area contributed by atoms with Gasteiger partial charge in [0.2, 0.25) is 5.82 Å². The molecule has 1 aliphatic heterocycles. The molecule has 0 saturated carbocycles. The number of nitrogens with zero attached hydrogens (tertiary/aromatic N) is 5. The number of nitro groups is 1.